The molecule has 0 aliphatic carbocycles. The number of nitrogens with one attached hydrogen (secondary N) is 1. The van der Waals surface area contributed by atoms with E-state index in [4.69, 9.17) is 12.2 Å². The zero-order valence-electron chi connectivity index (χ0n) is 19.5. The number of hydrogen-bond acceptors (Lipinski definition) is 4. The fourth-order valence-corrected chi connectivity index (χ4v) is 5.74. The van der Waals surface area contributed by atoms with Crippen LogP contribution in [0.3, 0.4) is 0 Å². The largest absolute Gasteiger partial charge is 0.366 e. The number of aryl methyl sites for hydroxylation is 1. The van der Waals surface area contributed by atoms with Gasteiger partial charge in [0.1, 0.15) is 5.57 Å². The third-order valence-corrected chi connectivity index (χ3v) is 7.34. The summed E-state index contributed by atoms with van der Waals surface area (Å²) in [6, 6.07) is 11.6. The van der Waals surface area contributed by atoms with Gasteiger partial charge in [-0.2, -0.15) is 0 Å². The number of amides is 2. The Morgan fingerprint density at radius 2 is 1.97 bits per heavy atom. The molecule has 0 bridgehead atoms. The van der Waals surface area contributed by atoms with Crippen LogP contribution in [0.25, 0.3) is 6.08 Å². The minimum absolute atomic E-state index is 0.0720. The van der Waals surface area contributed by atoms with Crippen molar-refractivity contribution in [1.29, 1.82) is 0 Å². The van der Waals surface area contributed by atoms with Crippen LogP contribution in [0, 0.1) is 6.92 Å². The Kier molecular flexibility index (Phi) is 6.22. The third kappa shape index (κ3) is 4.24. The molecule has 172 valence electrons. The van der Waals surface area contributed by atoms with Gasteiger partial charge in [-0.25, -0.2) is 0 Å². The van der Waals surface area contributed by atoms with Crippen molar-refractivity contribution in [1.82, 2.24) is 5.32 Å². The van der Waals surface area contributed by atoms with E-state index in [-0.39, 0.29) is 16.2 Å². The van der Waals surface area contributed by atoms with Gasteiger partial charge in [0.15, 0.2) is 5.11 Å². The van der Waals surface area contributed by atoms with Gasteiger partial charge in [0.2, 0.25) is 0 Å². The summed E-state index contributed by atoms with van der Waals surface area (Å²) in [5.41, 5.74) is 5.12. The van der Waals surface area contributed by atoms with Crippen molar-refractivity contribution in [3.8, 4) is 0 Å². The molecule has 1 unspecified atom stereocenters. The van der Waals surface area contributed by atoms with Crippen LogP contribution in [-0.2, 0) is 9.59 Å². The highest BCUT2D eigenvalue weighted by Crippen LogP contribution is 2.44. The first-order valence-corrected chi connectivity index (χ1v) is 12.3. The van der Waals surface area contributed by atoms with Gasteiger partial charge in [0.25, 0.3) is 11.8 Å². The number of nitrogens with zero attached hydrogens (tertiary/aromatic N) is 2. The molecule has 1 saturated heterocycles. The minimum atomic E-state index is -0.474. The molecule has 1 N–H and O–H groups in total. The Morgan fingerprint density at radius 1 is 1.24 bits per heavy atom. The number of anilines is 2. The lowest BCUT2D eigenvalue weighted by atomic mass is 9.79. The molecule has 1 atom stereocenters. The van der Waals surface area contributed by atoms with Gasteiger partial charge in [0, 0.05) is 22.2 Å². The van der Waals surface area contributed by atoms with Gasteiger partial charge in [0.05, 0.1) is 5.69 Å². The topological polar surface area (TPSA) is 52.7 Å². The summed E-state index contributed by atoms with van der Waals surface area (Å²) in [6.07, 6.45) is 2.74. The molecule has 5 nitrogen and oxygen atoms in total. The molecule has 2 heterocycles. The molecule has 0 saturated carbocycles. The molecule has 2 aliphatic heterocycles. The van der Waals surface area contributed by atoms with E-state index in [1.165, 1.54) is 16.2 Å². The maximum absolute atomic E-state index is 13.4. The fourth-order valence-electron chi connectivity index (χ4n) is 5.07. The summed E-state index contributed by atoms with van der Waals surface area (Å²) >= 11 is 8.75. The Labute approximate surface area is 209 Å². The van der Waals surface area contributed by atoms with E-state index in [2.05, 4.69) is 66.0 Å². The van der Waals surface area contributed by atoms with E-state index < -0.39 is 11.8 Å². The van der Waals surface area contributed by atoms with Crippen LogP contribution in [0.5, 0.6) is 0 Å². The van der Waals surface area contributed by atoms with E-state index in [1.807, 2.05) is 19.1 Å². The molecule has 2 aromatic rings. The predicted molar refractivity (Wildman–Crippen MR) is 142 cm³/mol. The maximum Gasteiger partial charge on any atom is 0.270 e. The van der Waals surface area contributed by atoms with Crippen LogP contribution in [-0.4, -0.2) is 29.0 Å². The van der Waals surface area contributed by atoms with Crippen molar-refractivity contribution in [2.45, 2.75) is 52.5 Å². The fraction of sp³-hybridized carbons (Fsp3) is 0.346. The minimum Gasteiger partial charge on any atom is -0.366 e. The van der Waals surface area contributed by atoms with Crippen molar-refractivity contribution < 1.29 is 9.59 Å². The number of fused-ring (bicyclic) bond motifs is 1. The molecule has 1 fully saturated rings. The first kappa shape index (κ1) is 23.6. The predicted octanol–water partition coefficient (Wildman–Crippen LogP) is 5.70. The number of halogens is 1. The molecule has 4 rings (SSSR count). The normalized spacial score (nSPS) is 21.3. The second-order valence-corrected chi connectivity index (χ2v) is 10.7. The number of carbonyl (C=O) groups excluding carboxylic acids is 2. The summed E-state index contributed by atoms with van der Waals surface area (Å²) in [4.78, 5) is 30.0. The number of benzene rings is 2. The number of thiocarbonyl (C=S) groups is 1. The molecule has 2 amide bonds. The summed E-state index contributed by atoms with van der Waals surface area (Å²) in [5, 5.41) is 2.75. The van der Waals surface area contributed by atoms with Crippen molar-refractivity contribution in [2.24, 2.45) is 0 Å². The summed E-state index contributed by atoms with van der Waals surface area (Å²) in [6.45, 7) is 11.9. The van der Waals surface area contributed by atoms with Crippen LogP contribution in [0.4, 0.5) is 11.4 Å². The number of hydrogen-bond donors (Lipinski definition) is 1. The Hall–Kier alpha value is -2.51. The molecule has 7 heteroatoms. The second-order valence-electron chi connectivity index (χ2n) is 9.37. The zero-order chi connectivity index (χ0) is 24.1. The van der Waals surface area contributed by atoms with Crippen LogP contribution >= 0.6 is 28.1 Å². The van der Waals surface area contributed by atoms with E-state index >= 15 is 0 Å². The summed E-state index contributed by atoms with van der Waals surface area (Å²) in [5.74, 6) is -0.529. The van der Waals surface area contributed by atoms with Crippen molar-refractivity contribution in [3.05, 3.63) is 63.1 Å². The van der Waals surface area contributed by atoms with Gasteiger partial charge < -0.3 is 4.90 Å². The molecule has 2 aliphatic rings. The smallest absolute Gasteiger partial charge is 0.270 e. The quantitative estimate of drug-likeness (QED) is 0.317. The monoisotopic (exact) mass is 525 g/mol. The Morgan fingerprint density at radius 3 is 2.64 bits per heavy atom. The molecule has 0 aromatic heterocycles. The molecule has 0 radical (unpaired) electrons. The highest BCUT2D eigenvalue weighted by atomic mass is 79.9. The average molecular weight is 527 g/mol. The van der Waals surface area contributed by atoms with E-state index in [0.29, 0.717) is 11.6 Å². The molecular weight excluding hydrogens is 498 g/mol. The van der Waals surface area contributed by atoms with Crippen molar-refractivity contribution in [2.75, 3.05) is 16.3 Å². The van der Waals surface area contributed by atoms with Crippen LogP contribution in [0.2, 0.25) is 0 Å². The van der Waals surface area contributed by atoms with Crippen molar-refractivity contribution >= 4 is 62.5 Å². The first-order chi connectivity index (χ1) is 15.5. The lowest BCUT2D eigenvalue weighted by molar-refractivity contribution is -0.122. The van der Waals surface area contributed by atoms with Gasteiger partial charge in [-0.15, -0.1) is 0 Å². The first-order valence-electron chi connectivity index (χ1n) is 11.1. The van der Waals surface area contributed by atoms with Crippen molar-refractivity contribution in [3.63, 3.8) is 0 Å². The van der Waals surface area contributed by atoms with E-state index in [9.17, 15) is 9.59 Å². The molecule has 2 aromatic carbocycles. The Balaban J connectivity index is 1.78. The van der Waals surface area contributed by atoms with Crippen LogP contribution in [0.15, 0.2) is 46.4 Å². The SMILES string of the molecule is CCN1c2cc(C)c(/C=C3\C(=O)NC(=S)N(c4cccc(Br)c4)C3=O)cc2C(C)CC1(C)C. The zero-order valence-corrected chi connectivity index (χ0v) is 21.9. The van der Waals surface area contributed by atoms with Crippen LogP contribution < -0.4 is 15.1 Å². The second kappa shape index (κ2) is 8.69. The average Bonchev–Trinajstić information content (AvgIpc) is 2.71. The van der Waals surface area contributed by atoms with Gasteiger partial charge in [-0.3, -0.25) is 19.8 Å². The van der Waals surface area contributed by atoms with Gasteiger partial charge >= 0.3 is 0 Å². The Bertz CT molecular complexity index is 1200. The summed E-state index contributed by atoms with van der Waals surface area (Å²) < 4.78 is 0.820. The lowest BCUT2D eigenvalue weighted by Crippen LogP contribution is -2.54. The van der Waals surface area contributed by atoms with Gasteiger partial charge in [-0.05, 0) is 105 Å². The number of rotatable bonds is 3. The van der Waals surface area contributed by atoms with Crippen LogP contribution in [0.1, 0.15) is 56.7 Å². The highest BCUT2D eigenvalue weighted by molar-refractivity contribution is 9.10. The van der Waals surface area contributed by atoms with E-state index in [1.54, 1.807) is 18.2 Å². The molecular formula is C26H28BrN3O2S. The van der Waals surface area contributed by atoms with E-state index in [0.717, 1.165) is 28.6 Å². The molecule has 33 heavy (non-hydrogen) atoms. The summed E-state index contributed by atoms with van der Waals surface area (Å²) in [7, 11) is 0. The standard InChI is InChI=1S/C26H28BrN3O2S/c1-6-29-22-10-15(2)17(11-20(22)16(3)14-26(29,4)5)12-21-23(31)28-25(33)30(24(21)32)19-9-7-8-18(27)13-19/h7-13,16H,6,14H2,1-5H3,(H,28,31,33)/b21-12+. The van der Waals surface area contributed by atoms with Gasteiger partial charge in [-0.1, -0.05) is 28.9 Å². The number of carbonyl (C=O) groups is 2. The maximum atomic E-state index is 13.4. The highest BCUT2D eigenvalue weighted by Gasteiger charge is 2.37. The third-order valence-electron chi connectivity index (χ3n) is 6.56. The lowest BCUT2D eigenvalue weighted by Gasteiger charge is -2.47. The molecule has 0 spiro atoms.